The first-order chi connectivity index (χ1) is 8.82. The molecule has 1 aliphatic rings. The maximum Gasteiger partial charge on any atom is 0.416 e. The first-order valence-corrected chi connectivity index (χ1v) is 6.02. The van der Waals surface area contributed by atoms with Gasteiger partial charge in [-0.1, -0.05) is 6.92 Å². The molecule has 0 heterocycles. The fourth-order valence-electron chi connectivity index (χ4n) is 1.90. The van der Waals surface area contributed by atoms with Gasteiger partial charge in [-0.3, -0.25) is 4.79 Å². The number of nitrogens with one attached hydrogen (secondary N) is 2. The molecule has 1 saturated carbocycles. The topological polar surface area (TPSA) is 41.1 Å². The summed E-state index contributed by atoms with van der Waals surface area (Å²) >= 11 is 0. The van der Waals surface area contributed by atoms with Gasteiger partial charge in [0.05, 0.1) is 11.1 Å². The van der Waals surface area contributed by atoms with Gasteiger partial charge in [0.25, 0.3) is 5.91 Å². The van der Waals surface area contributed by atoms with Crippen LogP contribution in [0.3, 0.4) is 0 Å². The molecule has 6 heteroatoms. The molecule has 0 saturated heterocycles. The maximum atomic E-state index is 12.7. The summed E-state index contributed by atoms with van der Waals surface area (Å²) in [7, 11) is 1.57. The monoisotopic (exact) mass is 272 g/mol. The lowest BCUT2D eigenvalue weighted by atomic mass is 10.1. The molecule has 1 aromatic rings. The number of alkyl halides is 3. The lowest BCUT2D eigenvalue weighted by molar-refractivity contribution is -0.137. The normalized spacial score (nSPS) is 21.9. The van der Waals surface area contributed by atoms with Crippen LogP contribution in [0.5, 0.6) is 0 Å². The SMILES string of the molecule is CNc1ccc(C(F)(F)F)cc1C(=O)NC1CC1C. The molecule has 1 amide bonds. The van der Waals surface area contributed by atoms with Crippen molar-refractivity contribution >= 4 is 11.6 Å². The number of hydrogen-bond acceptors (Lipinski definition) is 2. The van der Waals surface area contributed by atoms with Crippen LogP contribution in [0.2, 0.25) is 0 Å². The van der Waals surface area contributed by atoms with E-state index in [1.165, 1.54) is 6.07 Å². The first kappa shape index (κ1) is 13.7. The van der Waals surface area contributed by atoms with Gasteiger partial charge in [-0.2, -0.15) is 13.2 Å². The Balaban J connectivity index is 2.28. The van der Waals surface area contributed by atoms with Crippen molar-refractivity contribution < 1.29 is 18.0 Å². The lowest BCUT2D eigenvalue weighted by Gasteiger charge is -2.13. The third-order valence-corrected chi connectivity index (χ3v) is 3.29. The van der Waals surface area contributed by atoms with Crippen LogP contribution in [0.25, 0.3) is 0 Å². The Kier molecular flexibility index (Phi) is 3.43. The number of carbonyl (C=O) groups excluding carboxylic acids is 1. The van der Waals surface area contributed by atoms with E-state index in [1.807, 2.05) is 6.92 Å². The van der Waals surface area contributed by atoms with Gasteiger partial charge in [0.2, 0.25) is 0 Å². The third kappa shape index (κ3) is 3.00. The number of rotatable bonds is 3. The van der Waals surface area contributed by atoms with Crippen molar-refractivity contribution in [3.05, 3.63) is 29.3 Å². The minimum atomic E-state index is -4.45. The molecule has 0 bridgehead atoms. The summed E-state index contributed by atoms with van der Waals surface area (Å²) in [4.78, 5) is 12.0. The number of halogens is 3. The molecule has 3 nitrogen and oxygen atoms in total. The molecule has 1 aliphatic carbocycles. The van der Waals surface area contributed by atoms with Crippen LogP contribution in [0.1, 0.15) is 29.3 Å². The first-order valence-electron chi connectivity index (χ1n) is 6.02. The molecule has 2 rings (SSSR count). The Bertz CT molecular complexity index is 499. The molecule has 0 aliphatic heterocycles. The van der Waals surface area contributed by atoms with E-state index < -0.39 is 17.6 Å². The van der Waals surface area contributed by atoms with Crippen molar-refractivity contribution in [3.8, 4) is 0 Å². The third-order valence-electron chi connectivity index (χ3n) is 3.29. The van der Waals surface area contributed by atoms with Gasteiger partial charge in [0.15, 0.2) is 0 Å². The summed E-state index contributed by atoms with van der Waals surface area (Å²) in [5.74, 6) is -0.0717. The Morgan fingerprint density at radius 3 is 2.47 bits per heavy atom. The lowest BCUT2D eigenvalue weighted by Crippen LogP contribution is -2.27. The van der Waals surface area contributed by atoms with Crippen molar-refractivity contribution in [2.75, 3.05) is 12.4 Å². The molecule has 0 spiro atoms. The molecular weight excluding hydrogens is 257 g/mol. The molecule has 0 aromatic heterocycles. The van der Waals surface area contributed by atoms with Gasteiger partial charge >= 0.3 is 6.18 Å². The molecule has 2 N–H and O–H groups in total. The summed E-state index contributed by atoms with van der Waals surface area (Å²) in [5, 5.41) is 5.46. The van der Waals surface area contributed by atoms with Crippen LogP contribution in [0, 0.1) is 5.92 Å². The van der Waals surface area contributed by atoms with Gasteiger partial charge in [-0.15, -0.1) is 0 Å². The molecular formula is C13H15F3N2O. The highest BCUT2D eigenvalue weighted by molar-refractivity contribution is 6.00. The van der Waals surface area contributed by atoms with Crippen LogP contribution >= 0.6 is 0 Å². The largest absolute Gasteiger partial charge is 0.416 e. The fourth-order valence-corrected chi connectivity index (χ4v) is 1.90. The second kappa shape index (κ2) is 4.75. The van der Waals surface area contributed by atoms with E-state index >= 15 is 0 Å². The number of carbonyl (C=O) groups is 1. The van der Waals surface area contributed by atoms with E-state index in [4.69, 9.17) is 0 Å². The number of benzene rings is 1. The number of amides is 1. The van der Waals surface area contributed by atoms with E-state index in [1.54, 1.807) is 7.05 Å². The summed E-state index contributed by atoms with van der Waals surface area (Å²) in [6.45, 7) is 1.98. The zero-order valence-corrected chi connectivity index (χ0v) is 10.6. The van der Waals surface area contributed by atoms with Gasteiger partial charge in [0, 0.05) is 18.8 Å². The molecule has 1 fully saturated rings. The van der Waals surface area contributed by atoms with Crippen LogP contribution in [0.15, 0.2) is 18.2 Å². The highest BCUT2D eigenvalue weighted by Crippen LogP contribution is 2.33. The van der Waals surface area contributed by atoms with E-state index in [2.05, 4.69) is 10.6 Å². The zero-order valence-electron chi connectivity index (χ0n) is 10.6. The molecule has 0 radical (unpaired) electrons. The smallest absolute Gasteiger partial charge is 0.387 e. The summed E-state index contributed by atoms with van der Waals surface area (Å²) in [6.07, 6.45) is -3.58. The van der Waals surface area contributed by atoms with Crippen LogP contribution in [-0.4, -0.2) is 19.0 Å². The number of anilines is 1. The highest BCUT2D eigenvalue weighted by Gasteiger charge is 2.35. The minimum absolute atomic E-state index is 0.0245. The maximum absolute atomic E-state index is 12.7. The van der Waals surface area contributed by atoms with Crippen molar-refractivity contribution in [1.82, 2.24) is 5.32 Å². The van der Waals surface area contributed by atoms with Crippen LogP contribution < -0.4 is 10.6 Å². The molecule has 1 aromatic carbocycles. The predicted molar refractivity (Wildman–Crippen MR) is 66.0 cm³/mol. The summed E-state index contributed by atoms with van der Waals surface area (Å²) in [5.41, 5.74) is -0.407. The molecule has 19 heavy (non-hydrogen) atoms. The average Bonchev–Trinajstić information content (AvgIpc) is 3.02. The molecule has 104 valence electrons. The second-order valence-corrected chi connectivity index (χ2v) is 4.80. The fraction of sp³-hybridized carbons (Fsp3) is 0.462. The molecule has 2 unspecified atom stereocenters. The Morgan fingerprint density at radius 2 is 2.00 bits per heavy atom. The summed E-state index contributed by atoms with van der Waals surface area (Å²) < 4.78 is 38.0. The van der Waals surface area contributed by atoms with Gasteiger partial charge < -0.3 is 10.6 Å². The minimum Gasteiger partial charge on any atom is -0.387 e. The quantitative estimate of drug-likeness (QED) is 0.888. The van der Waals surface area contributed by atoms with Crippen LogP contribution in [-0.2, 0) is 6.18 Å². The zero-order chi connectivity index (χ0) is 14.2. The van der Waals surface area contributed by atoms with E-state index in [-0.39, 0.29) is 11.6 Å². The predicted octanol–water partition coefficient (Wildman–Crippen LogP) is 2.89. The van der Waals surface area contributed by atoms with E-state index in [0.29, 0.717) is 11.6 Å². The van der Waals surface area contributed by atoms with Crippen molar-refractivity contribution in [2.45, 2.75) is 25.6 Å². The Labute approximate surface area is 109 Å². The highest BCUT2D eigenvalue weighted by atomic mass is 19.4. The Hall–Kier alpha value is -1.72. The molecule has 2 atom stereocenters. The van der Waals surface area contributed by atoms with Gasteiger partial charge in [-0.25, -0.2) is 0 Å². The second-order valence-electron chi connectivity index (χ2n) is 4.80. The van der Waals surface area contributed by atoms with Crippen molar-refractivity contribution in [3.63, 3.8) is 0 Å². The van der Waals surface area contributed by atoms with E-state index in [0.717, 1.165) is 18.6 Å². The van der Waals surface area contributed by atoms with Gasteiger partial charge in [-0.05, 0) is 30.5 Å². The Morgan fingerprint density at radius 1 is 1.37 bits per heavy atom. The summed E-state index contributed by atoms with van der Waals surface area (Å²) in [6, 6.07) is 3.19. The van der Waals surface area contributed by atoms with Crippen molar-refractivity contribution in [1.29, 1.82) is 0 Å². The van der Waals surface area contributed by atoms with Crippen LogP contribution in [0.4, 0.5) is 18.9 Å². The number of hydrogen-bond donors (Lipinski definition) is 2. The van der Waals surface area contributed by atoms with Gasteiger partial charge in [0.1, 0.15) is 0 Å². The van der Waals surface area contributed by atoms with Crippen molar-refractivity contribution in [2.24, 2.45) is 5.92 Å². The standard InChI is InChI=1S/C13H15F3N2O/c1-7-5-11(7)18-12(19)9-6-8(13(14,15)16)3-4-10(9)17-2/h3-4,6-7,11,17H,5H2,1-2H3,(H,18,19). The van der Waals surface area contributed by atoms with E-state index in [9.17, 15) is 18.0 Å². The average molecular weight is 272 g/mol.